The number of aliphatic hydroxyl groups is 1. The molecule has 8 heteroatoms. The minimum Gasteiger partial charge on any atom is -0.394 e. The highest BCUT2D eigenvalue weighted by Crippen LogP contribution is 2.25. The summed E-state index contributed by atoms with van der Waals surface area (Å²) in [5, 5.41) is 18.8. The molecule has 3 N–H and O–H groups in total. The molecule has 1 aromatic carbocycles. The molecule has 0 aliphatic carbocycles. The van der Waals surface area contributed by atoms with Gasteiger partial charge in [-0.1, -0.05) is 23.2 Å². The summed E-state index contributed by atoms with van der Waals surface area (Å²) in [7, 11) is 0. The number of anilines is 2. The van der Waals surface area contributed by atoms with Gasteiger partial charge in [-0.05, 0) is 18.2 Å². The second-order valence-corrected chi connectivity index (χ2v) is 4.76. The van der Waals surface area contributed by atoms with E-state index in [1.54, 1.807) is 18.3 Å². The second kappa shape index (κ2) is 6.60. The molecule has 0 aliphatic rings. The standard InChI is InChI=1S/C12H12Cl2N4O2/c13-8-1-2-11(10(14)5-8)17-12(20)16-9-6-15-18(7-9)3-4-19/h1-2,5-7,19H,3-4H2,(H2,16,17,20). The molecule has 6 nitrogen and oxygen atoms in total. The minimum atomic E-state index is -0.447. The van der Waals surface area contributed by atoms with Crippen molar-refractivity contribution >= 4 is 40.6 Å². The Bertz CT molecular complexity index is 615. The third-order valence-electron chi connectivity index (χ3n) is 2.40. The van der Waals surface area contributed by atoms with Gasteiger partial charge in [0.05, 0.1) is 35.7 Å². The maximum atomic E-state index is 11.8. The Morgan fingerprint density at radius 2 is 2.15 bits per heavy atom. The summed E-state index contributed by atoms with van der Waals surface area (Å²) in [6, 6.07) is 4.33. The van der Waals surface area contributed by atoms with E-state index in [4.69, 9.17) is 28.3 Å². The Labute approximate surface area is 125 Å². The van der Waals surface area contributed by atoms with Gasteiger partial charge in [0.15, 0.2) is 0 Å². The van der Waals surface area contributed by atoms with Gasteiger partial charge < -0.3 is 15.7 Å². The van der Waals surface area contributed by atoms with E-state index < -0.39 is 6.03 Å². The van der Waals surface area contributed by atoms with Crippen molar-refractivity contribution in [1.82, 2.24) is 9.78 Å². The van der Waals surface area contributed by atoms with Gasteiger partial charge in [-0.2, -0.15) is 5.10 Å². The summed E-state index contributed by atoms with van der Waals surface area (Å²) in [5.74, 6) is 0. The predicted molar refractivity (Wildman–Crippen MR) is 78.4 cm³/mol. The molecule has 0 bridgehead atoms. The van der Waals surface area contributed by atoms with Crippen LogP contribution in [0.5, 0.6) is 0 Å². The molecule has 0 radical (unpaired) electrons. The van der Waals surface area contributed by atoms with Gasteiger partial charge in [-0.15, -0.1) is 0 Å². The fourth-order valence-electron chi connectivity index (χ4n) is 1.53. The first-order valence-corrected chi connectivity index (χ1v) is 6.50. The summed E-state index contributed by atoms with van der Waals surface area (Å²) in [6.45, 7) is 0.347. The summed E-state index contributed by atoms with van der Waals surface area (Å²) in [4.78, 5) is 11.8. The molecular formula is C12H12Cl2N4O2. The van der Waals surface area contributed by atoms with E-state index >= 15 is 0 Å². The van der Waals surface area contributed by atoms with Crippen molar-refractivity contribution in [1.29, 1.82) is 0 Å². The van der Waals surface area contributed by atoms with E-state index in [1.807, 2.05) is 0 Å². The SMILES string of the molecule is O=C(Nc1cnn(CCO)c1)Nc1ccc(Cl)cc1Cl. The van der Waals surface area contributed by atoms with Crippen LogP contribution in [0.15, 0.2) is 30.6 Å². The van der Waals surface area contributed by atoms with Crippen molar-refractivity contribution in [2.45, 2.75) is 6.54 Å². The molecular weight excluding hydrogens is 303 g/mol. The van der Waals surface area contributed by atoms with Crippen LogP contribution >= 0.6 is 23.2 Å². The molecule has 106 valence electrons. The molecule has 1 aromatic heterocycles. The Kier molecular flexibility index (Phi) is 4.84. The zero-order valence-electron chi connectivity index (χ0n) is 10.3. The number of benzene rings is 1. The van der Waals surface area contributed by atoms with Gasteiger partial charge in [0.25, 0.3) is 0 Å². The lowest BCUT2D eigenvalue weighted by atomic mass is 10.3. The molecule has 1 heterocycles. The molecule has 0 saturated heterocycles. The van der Waals surface area contributed by atoms with E-state index in [2.05, 4.69) is 15.7 Å². The first kappa shape index (κ1) is 14.6. The van der Waals surface area contributed by atoms with Crippen LogP contribution in [-0.2, 0) is 6.54 Å². The Morgan fingerprint density at radius 3 is 2.85 bits per heavy atom. The molecule has 2 rings (SSSR count). The zero-order valence-corrected chi connectivity index (χ0v) is 11.8. The van der Waals surface area contributed by atoms with Gasteiger partial charge in [-0.3, -0.25) is 4.68 Å². The van der Waals surface area contributed by atoms with Gasteiger partial charge >= 0.3 is 6.03 Å². The van der Waals surface area contributed by atoms with Crippen LogP contribution < -0.4 is 10.6 Å². The minimum absolute atomic E-state index is 0.0201. The average molecular weight is 315 g/mol. The van der Waals surface area contributed by atoms with E-state index in [1.165, 1.54) is 16.9 Å². The van der Waals surface area contributed by atoms with Gasteiger partial charge in [-0.25, -0.2) is 4.79 Å². The van der Waals surface area contributed by atoms with Gasteiger partial charge in [0, 0.05) is 11.2 Å². The van der Waals surface area contributed by atoms with Crippen molar-refractivity contribution in [2.75, 3.05) is 17.2 Å². The number of nitrogens with zero attached hydrogens (tertiary/aromatic N) is 2. The number of aliphatic hydroxyl groups excluding tert-OH is 1. The highest BCUT2D eigenvalue weighted by molar-refractivity contribution is 6.36. The third-order valence-corrected chi connectivity index (χ3v) is 2.95. The van der Waals surface area contributed by atoms with Crippen molar-refractivity contribution in [3.8, 4) is 0 Å². The second-order valence-electron chi connectivity index (χ2n) is 3.92. The lowest BCUT2D eigenvalue weighted by Crippen LogP contribution is -2.19. The Morgan fingerprint density at radius 1 is 1.35 bits per heavy atom. The lowest BCUT2D eigenvalue weighted by molar-refractivity contribution is 0.262. The molecule has 0 spiro atoms. The van der Waals surface area contributed by atoms with Crippen LogP contribution in [0.2, 0.25) is 10.0 Å². The molecule has 20 heavy (non-hydrogen) atoms. The van der Waals surface area contributed by atoms with Crippen LogP contribution in [0, 0.1) is 0 Å². The first-order chi connectivity index (χ1) is 9.58. The van der Waals surface area contributed by atoms with Crippen LogP contribution in [0.25, 0.3) is 0 Å². The quantitative estimate of drug-likeness (QED) is 0.812. The number of nitrogens with one attached hydrogen (secondary N) is 2. The largest absolute Gasteiger partial charge is 0.394 e. The van der Waals surface area contributed by atoms with Gasteiger partial charge in [0.2, 0.25) is 0 Å². The highest BCUT2D eigenvalue weighted by atomic mass is 35.5. The maximum Gasteiger partial charge on any atom is 0.323 e. The fourth-order valence-corrected chi connectivity index (χ4v) is 1.98. The summed E-state index contributed by atoms with van der Waals surface area (Å²) in [6.07, 6.45) is 3.10. The van der Waals surface area contributed by atoms with Crippen molar-refractivity contribution in [3.63, 3.8) is 0 Å². The van der Waals surface area contributed by atoms with Crippen molar-refractivity contribution in [2.24, 2.45) is 0 Å². The third kappa shape index (κ3) is 3.86. The number of aromatic nitrogens is 2. The molecule has 2 amide bonds. The summed E-state index contributed by atoms with van der Waals surface area (Å²) < 4.78 is 1.52. The zero-order chi connectivity index (χ0) is 14.5. The number of rotatable bonds is 4. The molecule has 0 fully saturated rings. The number of halogens is 2. The molecule has 0 saturated carbocycles. The average Bonchev–Trinajstić information content (AvgIpc) is 2.81. The predicted octanol–water partition coefficient (Wildman–Crippen LogP) is 2.83. The topological polar surface area (TPSA) is 79.2 Å². The van der Waals surface area contributed by atoms with Gasteiger partial charge in [0.1, 0.15) is 0 Å². The summed E-state index contributed by atoms with van der Waals surface area (Å²) >= 11 is 11.7. The lowest BCUT2D eigenvalue weighted by Gasteiger charge is -2.07. The Balaban J connectivity index is 1.97. The monoisotopic (exact) mass is 314 g/mol. The molecule has 0 aliphatic heterocycles. The van der Waals surface area contributed by atoms with E-state index in [0.29, 0.717) is 28.0 Å². The van der Waals surface area contributed by atoms with E-state index in [0.717, 1.165) is 0 Å². The van der Waals surface area contributed by atoms with Crippen LogP contribution in [0.4, 0.5) is 16.2 Å². The maximum absolute atomic E-state index is 11.8. The normalized spacial score (nSPS) is 10.3. The number of carbonyl (C=O) groups excluding carboxylic acids is 1. The Hall–Kier alpha value is -1.76. The van der Waals surface area contributed by atoms with Crippen LogP contribution in [-0.4, -0.2) is 27.5 Å². The summed E-state index contributed by atoms with van der Waals surface area (Å²) in [5.41, 5.74) is 0.970. The van der Waals surface area contributed by atoms with Crippen LogP contribution in [0.1, 0.15) is 0 Å². The van der Waals surface area contributed by atoms with E-state index in [9.17, 15) is 4.79 Å². The number of carbonyl (C=O) groups is 1. The highest BCUT2D eigenvalue weighted by Gasteiger charge is 2.07. The van der Waals surface area contributed by atoms with E-state index in [-0.39, 0.29) is 6.61 Å². The first-order valence-electron chi connectivity index (χ1n) is 5.75. The molecule has 0 atom stereocenters. The van der Waals surface area contributed by atoms with Crippen LogP contribution in [0.3, 0.4) is 0 Å². The van der Waals surface area contributed by atoms with Crippen molar-refractivity contribution < 1.29 is 9.90 Å². The number of hydrogen-bond acceptors (Lipinski definition) is 3. The molecule has 2 aromatic rings. The number of urea groups is 1. The smallest absolute Gasteiger partial charge is 0.323 e. The number of hydrogen-bond donors (Lipinski definition) is 3. The van der Waals surface area contributed by atoms with Crippen molar-refractivity contribution in [3.05, 3.63) is 40.6 Å². The molecule has 0 unspecified atom stereocenters. The fraction of sp³-hybridized carbons (Fsp3) is 0.167. The number of amides is 2.